The topological polar surface area (TPSA) is 89.8 Å². The van der Waals surface area contributed by atoms with Gasteiger partial charge in [0.15, 0.2) is 0 Å². The molecule has 1 atom stereocenters. The van der Waals surface area contributed by atoms with Gasteiger partial charge in [-0.2, -0.15) is 21.0 Å². The zero-order chi connectivity index (χ0) is 16.9. The first-order chi connectivity index (χ1) is 10.9. The molecule has 2 rings (SSSR count). The summed E-state index contributed by atoms with van der Waals surface area (Å²) >= 11 is 4.19. The molecule has 1 N–H and O–H groups in total. The van der Waals surface area contributed by atoms with Crippen LogP contribution in [0.25, 0.3) is 0 Å². The van der Waals surface area contributed by atoms with Crippen LogP contribution >= 0.6 is 12.6 Å². The van der Waals surface area contributed by atoms with Crippen LogP contribution in [-0.2, 0) is 16.5 Å². The first-order valence-electron chi connectivity index (χ1n) is 6.88. The van der Waals surface area contributed by atoms with E-state index in [1.807, 2.05) is 30.3 Å². The standard InChI is InChI=1S/C16H17NO4S2.Na/c18-16(13(11-22)10-12-6-2-1-3-7-12)17-14-8-4-5-9-15(14)23(19,20)21;/h1-9,13,22H,10-11H2,(H,17,18)(H,19,20,21);/q;+1/p-1. The largest absolute Gasteiger partial charge is 1.00 e. The van der Waals surface area contributed by atoms with Gasteiger partial charge in [0.2, 0.25) is 0 Å². The van der Waals surface area contributed by atoms with Gasteiger partial charge in [-0.3, -0.25) is 9.55 Å². The average molecular weight is 373 g/mol. The van der Waals surface area contributed by atoms with Crippen molar-refractivity contribution in [3.63, 3.8) is 0 Å². The van der Waals surface area contributed by atoms with Crippen molar-refractivity contribution in [3.8, 4) is 0 Å². The Hall–Kier alpha value is -0.830. The summed E-state index contributed by atoms with van der Waals surface area (Å²) in [4.78, 5) is 3.48. The first-order valence-corrected chi connectivity index (χ1v) is 8.96. The molecule has 0 heterocycles. The first kappa shape index (κ1) is 21.2. The van der Waals surface area contributed by atoms with E-state index >= 15 is 0 Å². The van der Waals surface area contributed by atoms with E-state index in [0.717, 1.165) is 5.56 Å². The summed E-state index contributed by atoms with van der Waals surface area (Å²) in [6.45, 7) is 0. The molecule has 8 heteroatoms. The third-order valence-corrected chi connectivity index (χ3v) is 4.61. The maximum atomic E-state index is 12.3. The van der Waals surface area contributed by atoms with Gasteiger partial charge < -0.3 is 5.11 Å². The third-order valence-electron chi connectivity index (χ3n) is 3.27. The van der Waals surface area contributed by atoms with Crippen molar-refractivity contribution in [2.75, 3.05) is 5.75 Å². The summed E-state index contributed by atoms with van der Waals surface area (Å²) < 4.78 is 31.9. The minimum atomic E-state index is -4.44. The SMILES string of the molecule is O=S(=O)(O)c1ccccc1N=C([O-])C(CS)Cc1ccccc1.[Na+]. The molecule has 5 nitrogen and oxygen atoms in total. The fraction of sp³-hybridized carbons (Fsp3) is 0.188. The van der Waals surface area contributed by atoms with Crippen LogP contribution in [0.2, 0.25) is 0 Å². The van der Waals surface area contributed by atoms with Crippen molar-refractivity contribution in [2.45, 2.75) is 11.3 Å². The van der Waals surface area contributed by atoms with E-state index in [2.05, 4.69) is 17.6 Å². The predicted molar refractivity (Wildman–Crippen MR) is 90.8 cm³/mol. The molecule has 0 aromatic heterocycles. The second kappa shape index (κ2) is 9.60. The van der Waals surface area contributed by atoms with Gasteiger partial charge in [-0.05, 0) is 41.7 Å². The number of thiol groups is 1. The fourth-order valence-corrected chi connectivity index (χ4v) is 3.02. The van der Waals surface area contributed by atoms with Crippen LogP contribution in [0.4, 0.5) is 5.69 Å². The van der Waals surface area contributed by atoms with Crippen molar-refractivity contribution in [2.24, 2.45) is 10.9 Å². The van der Waals surface area contributed by atoms with Gasteiger partial charge in [-0.15, -0.1) is 0 Å². The van der Waals surface area contributed by atoms with Gasteiger partial charge in [0, 0.05) is 0 Å². The summed E-state index contributed by atoms with van der Waals surface area (Å²) in [6, 6.07) is 15.0. The zero-order valence-electron chi connectivity index (χ0n) is 13.2. The van der Waals surface area contributed by atoms with E-state index in [0.29, 0.717) is 6.42 Å². The Bertz CT molecular complexity index is 795. The Balaban J connectivity index is 0.00000288. The number of aliphatic imine (C=N–C) groups is 1. The summed E-state index contributed by atoms with van der Waals surface area (Å²) in [5.41, 5.74) is 0.901. The van der Waals surface area contributed by atoms with Gasteiger partial charge >= 0.3 is 29.6 Å². The van der Waals surface area contributed by atoms with Crippen molar-refractivity contribution in [1.29, 1.82) is 0 Å². The van der Waals surface area contributed by atoms with E-state index in [1.54, 1.807) is 6.07 Å². The molecule has 24 heavy (non-hydrogen) atoms. The number of hydrogen-bond donors (Lipinski definition) is 2. The van der Waals surface area contributed by atoms with E-state index in [4.69, 9.17) is 0 Å². The molecule has 0 fully saturated rings. The Morgan fingerprint density at radius 1 is 1.12 bits per heavy atom. The quantitative estimate of drug-likeness (QED) is 0.226. The van der Waals surface area contributed by atoms with E-state index in [1.165, 1.54) is 18.2 Å². The third kappa shape index (κ3) is 5.91. The van der Waals surface area contributed by atoms with Crippen molar-refractivity contribution in [1.82, 2.24) is 0 Å². The number of nitrogens with zero attached hydrogens (tertiary/aromatic N) is 1. The monoisotopic (exact) mass is 373 g/mol. The number of rotatable bonds is 6. The molecular weight excluding hydrogens is 357 g/mol. The second-order valence-corrected chi connectivity index (χ2v) is 6.72. The average Bonchev–Trinajstić information content (AvgIpc) is 2.53. The maximum absolute atomic E-state index is 12.3. The summed E-state index contributed by atoms with van der Waals surface area (Å²) in [7, 11) is -4.44. The van der Waals surface area contributed by atoms with Crippen molar-refractivity contribution in [3.05, 3.63) is 60.2 Å². The summed E-state index contributed by atoms with van der Waals surface area (Å²) in [5, 5.41) is 12.3. The van der Waals surface area contributed by atoms with Crippen LogP contribution in [-0.4, -0.2) is 24.6 Å². The van der Waals surface area contributed by atoms with Crippen LogP contribution in [0, 0.1) is 5.92 Å². The normalized spacial score (nSPS) is 13.2. The Morgan fingerprint density at radius 2 is 1.71 bits per heavy atom. The van der Waals surface area contributed by atoms with Crippen molar-refractivity contribution >= 4 is 34.3 Å². The second-order valence-electron chi connectivity index (χ2n) is 4.96. The van der Waals surface area contributed by atoms with Crippen LogP contribution < -0.4 is 34.7 Å². The molecule has 0 aliphatic rings. The molecule has 0 saturated heterocycles. The van der Waals surface area contributed by atoms with Crippen LogP contribution in [0.5, 0.6) is 0 Å². The van der Waals surface area contributed by atoms with Gasteiger partial charge in [-0.1, -0.05) is 42.5 Å². The molecule has 122 valence electrons. The van der Waals surface area contributed by atoms with E-state index in [9.17, 15) is 18.1 Å². The number of hydrogen-bond acceptors (Lipinski definition) is 5. The molecule has 0 radical (unpaired) electrons. The Labute approximate surface area is 169 Å². The minimum Gasteiger partial charge on any atom is -0.861 e. The molecular formula is C16H16NNaO4S2. The minimum absolute atomic E-state index is 0. The van der Waals surface area contributed by atoms with Crippen LogP contribution in [0.15, 0.2) is 64.5 Å². The van der Waals surface area contributed by atoms with Gasteiger partial charge in [0.05, 0.1) is 5.69 Å². The predicted octanol–water partition coefficient (Wildman–Crippen LogP) is -0.884. The summed E-state index contributed by atoms with van der Waals surface area (Å²) in [5.74, 6) is -0.666. The van der Waals surface area contributed by atoms with E-state index < -0.39 is 21.9 Å². The van der Waals surface area contributed by atoms with Crippen molar-refractivity contribution < 1.29 is 47.6 Å². The molecule has 0 amide bonds. The summed E-state index contributed by atoms with van der Waals surface area (Å²) in [6.07, 6.45) is 0.459. The molecule has 0 spiro atoms. The Morgan fingerprint density at radius 3 is 2.29 bits per heavy atom. The molecule has 2 aromatic carbocycles. The smallest absolute Gasteiger partial charge is 0.861 e. The maximum Gasteiger partial charge on any atom is 1.00 e. The van der Waals surface area contributed by atoms with E-state index in [-0.39, 0.29) is 45.9 Å². The zero-order valence-corrected chi connectivity index (χ0v) is 16.9. The van der Waals surface area contributed by atoms with Gasteiger partial charge in [0.25, 0.3) is 10.1 Å². The number of para-hydroxylation sites is 1. The number of benzene rings is 2. The molecule has 2 aromatic rings. The molecule has 0 aliphatic carbocycles. The van der Waals surface area contributed by atoms with Crippen LogP contribution in [0.3, 0.4) is 0 Å². The van der Waals surface area contributed by atoms with Gasteiger partial charge in [-0.25, -0.2) is 0 Å². The molecule has 0 bridgehead atoms. The fourth-order valence-electron chi connectivity index (χ4n) is 2.11. The van der Waals surface area contributed by atoms with Crippen LogP contribution in [0.1, 0.15) is 5.56 Å². The van der Waals surface area contributed by atoms with Gasteiger partial charge in [0.1, 0.15) is 4.90 Å². The molecule has 0 aliphatic heterocycles. The molecule has 1 unspecified atom stereocenters. The molecule has 0 saturated carbocycles. The Kier molecular flexibility index (Phi) is 8.49.